The smallest absolute Gasteiger partial charge is 0.303 e. The van der Waals surface area contributed by atoms with E-state index >= 15 is 0 Å². The number of hydrogen-bond acceptors (Lipinski definition) is 3. The van der Waals surface area contributed by atoms with Crippen molar-refractivity contribution in [1.82, 2.24) is 10.3 Å². The summed E-state index contributed by atoms with van der Waals surface area (Å²) in [7, 11) is 0. The van der Waals surface area contributed by atoms with Crippen molar-refractivity contribution in [2.24, 2.45) is 0 Å². The third-order valence-corrected chi connectivity index (χ3v) is 7.08. The Labute approximate surface area is 219 Å². The lowest BCUT2D eigenvalue weighted by Gasteiger charge is -2.26. The van der Waals surface area contributed by atoms with Gasteiger partial charge in [0.25, 0.3) is 5.91 Å². The highest BCUT2D eigenvalue weighted by Crippen LogP contribution is 2.31. The molecule has 4 aromatic rings. The second kappa shape index (κ2) is 11.1. The summed E-state index contributed by atoms with van der Waals surface area (Å²) in [5.41, 5.74) is 5.50. The fourth-order valence-corrected chi connectivity index (χ4v) is 5.18. The van der Waals surface area contributed by atoms with E-state index in [0.717, 1.165) is 52.6 Å². The van der Waals surface area contributed by atoms with Gasteiger partial charge in [0.2, 0.25) is 0 Å². The summed E-state index contributed by atoms with van der Waals surface area (Å²) in [5.74, 6) is -1.64. The Balaban J connectivity index is 1.43. The van der Waals surface area contributed by atoms with Gasteiger partial charge in [0.05, 0.1) is 17.3 Å². The zero-order chi connectivity index (χ0) is 26.6. The van der Waals surface area contributed by atoms with Crippen LogP contribution < -0.4 is 5.32 Å². The van der Waals surface area contributed by atoms with Gasteiger partial charge in [-0.2, -0.15) is 0 Å². The van der Waals surface area contributed by atoms with E-state index in [2.05, 4.69) is 5.32 Å². The van der Waals surface area contributed by atoms with Crippen molar-refractivity contribution < 1.29 is 23.5 Å². The maximum atomic E-state index is 13.7. The van der Waals surface area contributed by atoms with Crippen molar-refractivity contribution in [2.75, 3.05) is 0 Å². The summed E-state index contributed by atoms with van der Waals surface area (Å²) in [5, 5.41) is 12.9. The lowest BCUT2D eigenvalue weighted by Crippen LogP contribution is -2.31. The van der Waals surface area contributed by atoms with Crippen molar-refractivity contribution in [3.05, 3.63) is 101 Å². The molecular formula is C31H28F2N2O3. The number of halogens is 2. The van der Waals surface area contributed by atoms with E-state index in [1.807, 2.05) is 6.07 Å². The highest BCUT2D eigenvalue weighted by Gasteiger charge is 2.23. The second-order valence-electron chi connectivity index (χ2n) is 9.77. The SMILES string of the molecule is O=C(O)CCCCc1cc2cc(C(=O)NC3CCCc4cc(F)ccc43)ccc2nc1-c1ccc(F)cc1. The summed E-state index contributed by atoms with van der Waals surface area (Å²) in [6, 6.07) is 18.0. The Morgan fingerprint density at radius 1 is 0.947 bits per heavy atom. The third kappa shape index (κ3) is 5.72. The number of rotatable bonds is 8. The highest BCUT2D eigenvalue weighted by atomic mass is 19.1. The number of aryl methyl sites for hydroxylation is 2. The van der Waals surface area contributed by atoms with Gasteiger partial charge in [0.15, 0.2) is 0 Å². The van der Waals surface area contributed by atoms with Crippen molar-refractivity contribution >= 4 is 22.8 Å². The van der Waals surface area contributed by atoms with E-state index in [4.69, 9.17) is 10.1 Å². The van der Waals surface area contributed by atoms with Crippen LogP contribution in [0, 0.1) is 11.6 Å². The minimum Gasteiger partial charge on any atom is -0.481 e. The van der Waals surface area contributed by atoms with Crippen LogP contribution in [-0.4, -0.2) is 22.0 Å². The van der Waals surface area contributed by atoms with E-state index in [0.29, 0.717) is 30.3 Å². The number of nitrogens with one attached hydrogen (secondary N) is 1. The van der Waals surface area contributed by atoms with Gasteiger partial charge in [-0.05, 0) is 116 Å². The molecule has 0 spiro atoms. The lowest BCUT2D eigenvalue weighted by atomic mass is 9.87. The summed E-state index contributed by atoms with van der Waals surface area (Å²) >= 11 is 0. The Bertz CT molecular complexity index is 1500. The standard InChI is InChI=1S/C31H28F2N2O3/c32-24-11-8-19(9-12-24)30-21(4-1-2-7-29(36)37)16-23-17-22(10-15-27(23)34-30)31(38)35-28-6-3-5-20-18-25(33)13-14-26(20)28/h8-18,28H,1-7H2,(H,35,38)(H,36,37). The number of carbonyl (C=O) groups excluding carboxylic acids is 1. The minimum atomic E-state index is -0.832. The third-order valence-electron chi connectivity index (χ3n) is 7.08. The minimum absolute atomic E-state index is 0.0914. The number of aromatic nitrogens is 1. The number of fused-ring (bicyclic) bond motifs is 2. The predicted octanol–water partition coefficient (Wildman–Crippen LogP) is 6.78. The average Bonchev–Trinajstić information content (AvgIpc) is 2.90. The van der Waals surface area contributed by atoms with E-state index in [1.165, 1.54) is 18.2 Å². The first-order valence-corrected chi connectivity index (χ1v) is 12.9. The molecular weight excluding hydrogens is 486 g/mol. The molecule has 5 nitrogen and oxygen atoms in total. The van der Waals surface area contributed by atoms with Crippen LogP contribution in [0.25, 0.3) is 22.2 Å². The summed E-state index contributed by atoms with van der Waals surface area (Å²) in [4.78, 5) is 29.0. The zero-order valence-electron chi connectivity index (χ0n) is 20.8. The molecule has 38 heavy (non-hydrogen) atoms. The monoisotopic (exact) mass is 514 g/mol. The van der Waals surface area contributed by atoms with Crippen molar-refractivity contribution in [3.63, 3.8) is 0 Å². The number of amides is 1. The van der Waals surface area contributed by atoms with Crippen molar-refractivity contribution in [1.29, 1.82) is 0 Å². The van der Waals surface area contributed by atoms with E-state index in [1.54, 1.807) is 42.5 Å². The first-order chi connectivity index (χ1) is 18.4. The van der Waals surface area contributed by atoms with Gasteiger partial charge in [0.1, 0.15) is 11.6 Å². The van der Waals surface area contributed by atoms with Crippen LogP contribution in [0.5, 0.6) is 0 Å². The van der Waals surface area contributed by atoms with Gasteiger partial charge in [-0.25, -0.2) is 13.8 Å². The number of nitrogens with zero attached hydrogens (tertiary/aromatic N) is 1. The van der Waals surface area contributed by atoms with Crippen molar-refractivity contribution in [2.45, 2.75) is 51.0 Å². The Hall–Kier alpha value is -4.13. The lowest BCUT2D eigenvalue weighted by molar-refractivity contribution is -0.137. The van der Waals surface area contributed by atoms with Gasteiger partial charge >= 0.3 is 5.97 Å². The van der Waals surface area contributed by atoms with Gasteiger partial charge in [-0.3, -0.25) is 9.59 Å². The van der Waals surface area contributed by atoms with Crippen molar-refractivity contribution in [3.8, 4) is 11.3 Å². The largest absolute Gasteiger partial charge is 0.481 e. The number of carbonyl (C=O) groups is 2. The van der Waals surface area contributed by atoms with Gasteiger partial charge in [-0.15, -0.1) is 0 Å². The molecule has 0 radical (unpaired) electrons. The molecule has 0 fully saturated rings. The molecule has 0 saturated heterocycles. The van der Waals surface area contributed by atoms with Crippen LogP contribution in [0.15, 0.2) is 66.7 Å². The molecule has 1 aliphatic rings. The van der Waals surface area contributed by atoms with Crippen LogP contribution in [0.3, 0.4) is 0 Å². The fraction of sp³-hybridized carbons (Fsp3) is 0.258. The van der Waals surface area contributed by atoms with Crippen LogP contribution in [0.4, 0.5) is 8.78 Å². The predicted molar refractivity (Wildman–Crippen MR) is 142 cm³/mol. The number of benzene rings is 3. The first-order valence-electron chi connectivity index (χ1n) is 12.9. The summed E-state index contributed by atoms with van der Waals surface area (Å²) in [6.45, 7) is 0. The molecule has 2 N–H and O–H groups in total. The normalized spacial score (nSPS) is 14.7. The number of carboxylic acid groups (broad SMARTS) is 1. The number of carboxylic acids is 1. The van der Waals surface area contributed by atoms with Crippen LogP contribution in [0.2, 0.25) is 0 Å². The molecule has 1 unspecified atom stereocenters. The molecule has 1 heterocycles. The van der Waals surface area contributed by atoms with E-state index in [9.17, 15) is 18.4 Å². The van der Waals surface area contributed by atoms with Gasteiger partial charge < -0.3 is 10.4 Å². The Morgan fingerprint density at radius 2 is 1.74 bits per heavy atom. The highest BCUT2D eigenvalue weighted by molar-refractivity contribution is 5.98. The maximum absolute atomic E-state index is 13.7. The van der Waals surface area contributed by atoms with Crippen LogP contribution in [-0.2, 0) is 17.6 Å². The molecule has 0 aliphatic heterocycles. The number of pyridine rings is 1. The van der Waals surface area contributed by atoms with Gasteiger partial charge in [-0.1, -0.05) is 6.07 Å². The topological polar surface area (TPSA) is 79.3 Å². The quantitative estimate of drug-likeness (QED) is 0.254. The number of unbranched alkanes of at least 4 members (excludes halogenated alkanes) is 1. The molecule has 7 heteroatoms. The van der Waals surface area contributed by atoms with Gasteiger partial charge in [0, 0.05) is 22.9 Å². The fourth-order valence-electron chi connectivity index (χ4n) is 5.18. The Morgan fingerprint density at radius 3 is 2.53 bits per heavy atom. The molecule has 1 amide bonds. The molecule has 5 rings (SSSR count). The molecule has 194 valence electrons. The summed E-state index contributed by atoms with van der Waals surface area (Å²) < 4.78 is 27.2. The molecule has 3 aromatic carbocycles. The second-order valence-corrected chi connectivity index (χ2v) is 9.77. The molecule has 0 bridgehead atoms. The van der Waals surface area contributed by atoms with Crippen LogP contribution >= 0.6 is 0 Å². The molecule has 1 aromatic heterocycles. The average molecular weight is 515 g/mol. The van der Waals surface area contributed by atoms with Crippen LogP contribution in [0.1, 0.15) is 65.2 Å². The molecule has 1 atom stereocenters. The van der Waals surface area contributed by atoms with E-state index < -0.39 is 5.97 Å². The number of hydrogen-bond donors (Lipinski definition) is 2. The zero-order valence-corrected chi connectivity index (χ0v) is 20.8. The Kier molecular flexibility index (Phi) is 7.45. The summed E-state index contributed by atoms with van der Waals surface area (Å²) in [6.07, 6.45) is 4.36. The van der Waals surface area contributed by atoms with E-state index in [-0.39, 0.29) is 30.0 Å². The number of aliphatic carboxylic acids is 1. The molecule has 1 aliphatic carbocycles. The molecule has 0 saturated carbocycles. The first kappa shape index (κ1) is 25.5. The maximum Gasteiger partial charge on any atom is 0.303 e.